The minimum atomic E-state index is 0.0928. The van der Waals surface area contributed by atoms with Gasteiger partial charge in [0.1, 0.15) is 11.8 Å². The van der Waals surface area contributed by atoms with Gasteiger partial charge in [0.2, 0.25) is 0 Å². The first-order chi connectivity index (χ1) is 3.83. The van der Waals surface area contributed by atoms with Crippen LogP contribution in [0, 0.1) is 0 Å². The largest absolute Gasteiger partial charge is 0.392 e. The van der Waals surface area contributed by atoms with Crippen LogP contribution in [0.2, 0.25) is 0 Å². The molecule has 3 heteroatoms. The van der Waals surface area contributed by atoms with Gasteiger partial charge in [-0.1, -0.05) is 5.16 Å². The van der Waals surface area contributed by atoms with Gasteiger partial charge in [-0.3, -0.25) is 4.79 Å². The van der Waals surface area contributed by atoms with Crippen LogP contribution in [0.25, 0.3) is 0 Å². The van der Waals surface area contributed by atoms with Gasteiger partial charge >= 0.3 is 0 Å². The summed E-state index contributed by atoms with van der Waals surface area (Å²) in [5.41, 5.74) is 0.512. The first-order valence-electron chi connectivity index (χ1n) is 2.51. The fraction of sp³-hybridized carbons (Fsp3) is 0.600. The average molecular weight is 113 g/mol. The fourth-order valence-corrected chi connectivity index (χ4v) is 0.596. The Kier molecular flexibility index (Phi) is 1.28. The topological polar surface area (TPSA) is 38.7 Å². The summed E-state index contributed by atoms with van der Waals surface area (Å²) in [5, 5.41) is 3.48. The third-order valence-electron chi connectivity index (χ3n) is 0.983. The molecule has 0 N–H and O–H groups in total. The Balaban J connectivity index is 2.49. The highest BCUT2D eigenvalue weighted by atomic mass is 16.6. The molecule has 0 amide bonds. The van der Waals surface area contributed by atoms with Gasteiger partial charge in [0.25, 0.3) is 0 Å². The van der Waals surface area contributed by atoms with Crippen LogP contribution >= 0.6 is 0 Å². The van der Waals surface area contributed by atoms with Crippen LogP contribution in [0.5, 0.6) is 0 Å². The van der Waals surface area contributed by atoms with E-state index in [0.29, 0.717) is 12.1 Å². The molecule has 1 aliphatic heterocycles. The molecule has 0 saturated carbocycles. The zero-order chi connectivity index (χ0) is 5.98. The highest BCUT2D eigenvalue weighted by Crippen LogP contribution is 2.06. The van der Waals surface area contributed by atoms with Crippen molar-refractivity contribution in [1.82, 2.24) is 0 Å². The molecule has 1 rings (SSSR count). The lowest BCUT2D eigenvalue weighted by Gasteiger charge is -1.93. The SMILES string of the molecule is CC1CC(C=O)=NO1. The Morgan fingerprint density at radius 2 is 2.75 bits per heavy atom. The fourth-order valence-electron chi connectivity index (χ4n) is 0.596. The Bertz CT molecular complexity index is 130. The molecule has 1 heterocycles. The molecule has 1 atom stereocenters. The van der Waals surface area contributed by atoms with E-state index in [1.807, 2.05) is 6.92 Å². The maximum atomic E-state index is 9.94. The molecule has 0 aromatic heterocycles. The van der Waals surface area contributed by atoms with E-state index in [-0.39, 0.29) is 6.10 Å². The van der Waals surface area contributed by atoms with Crippen LogP contribution in [-0.4, -0.2) is 18.1 Å². The van der Waals surface area contributed by atoms with Gasteiger partial charge < -0.3 is 4.84 Å². The van der Waals surface area contributed by atoms with Crippen molar-refractivity contribution in [3.05, 3.63) is 0 Å². The molecule has 44 valence electrons. The van der Waals surface area contributed by atoms with Gasteiger partial charge in [-0.2, -0.15) is 0 Å². The molecular formula is C5H7NO2. The van der Waals surface area contributed by atoms with Crippen LogP contribution < -0.4 is 0 Å². The number of rotatable bonds is 1. The second kappa shape index (κ2) is 1.94. The van der Waals surface area contributed by atoms with E-state index >= 15 is 0 Å². The van der Waals surface area contributed by atoms with Crippen LogP contribution in [0.3, 0.4) is 0 Å². The molecule has 0 aromatic rings. The first kappa shape index (κ1) is 5.28. The van der Waals surface area contributed by atoms with E-state index in [1.54, 1.807) is 0 Å². The Labute approximate surface area is 47.3 Å². The third kappa shape index (κ3) is 0.857. The summed E-state index contributed by atoms with van der Waals surface area (Å²) in [6, 6.07) is 0. The van der Waals surface area contributed by atoms with Crippen molar-refractivity contribution in [1.29, 1.82) is 0 Å². The van der Waals surface area contributed by atoms with Crippen molar-refractivity contribution in [2.45, 2.75) is 19.4 Å². The summed E-state index contributed by atoms with van der Waals surface area (Å²) in [7, 11) is 0. The molecule has 3 nitrogen and oxygen atoms in total. The molecule has 1 unspecified atom stereocenters. The molecule has 1 aliphatic rings. The molecular weight excluding hydrogens is 106 g/mol. The predicted molar refractivity (Wildman–Crippen MR) is 28.7 cm³/mol. The highest BCUT2D eigenvalue weighted by molar-refractivity contribution is 6.28. The van der Waals surface area contributed by atoms with Crippen LogP contribution in [-0.2, 0) is 9.63 Å². The molecule has 0 aliphatic carbocycles. The van der Waals surface area contributed by atoms with E-state index in [0.717, 1.165) is 6.29 Å². The van der Waals surface area contributed by atoms with E-state index < -0.39 is 0 Å². The molecule has 0 saturated heterocycles. The summed E-state index contributed by atoms with van der Waals surface area (Å²) in [5.74, 6) is 0. The maximum absolute atomic E-state index is 9.94. The van der Waals surface area contributed by atoms with E-state index in [2.05, 4.69) is 5.16 Å². The average Bonchev–Trinajstić information content (AvgIpc) is 2.14. The number of hydrogen-bond donors (Lipinski definition) is 0. The number of aldehydes is 1. The summed E-state index contributed by atoms with van der Waals surface area (Å²) in [6.07, 6.45) is 1.47. The van der Waals surface area contributed by atoms with Crippen molar-refractivity contribution in [3.63, 3.8) is 0 Å². The number of oxime groups is 1. The van der Waals surface area contributed by atoms with Crippen molar-refractivity contribution in [3.8, 4) is 0 Å². The van der Waals surface area contributed by atoms with E-state index in [4.69, 9.17) is 4.84 Å². The van der Waals surface area contributed by atoms with Crippen molar-refractivity contribution < 1.29 is 9.63 Å². The number of nitrogens with zero attached hydrogens (tertiary/aromatic N) is 1. The maximum Gasteiger partial charge on any atom is 0.167 e. The predicted octanol–water partition coefficient (Wildman–Crippen LogP) is 0.350. The molecule has 0 bridgehead atoms. The van der Waals surface area contributed by atoms with Gasteiger partial charge in [-0.15, -0.1) is 0 Å². The third-order valence-corrected chi connectivity index (χ3v) is 0.983. The number of carbonyl (C=O) groups excluding carboxylic acids is 1. The van der Waals surface area contributed by atoms with Gasteiger partial charge in [0.05, 0.1) is 0 Å². The van der Waals surface area contributed by atoms with Crippen LogP contribution in [0.15, 0.2) is 5.16 Å². The summed E-state index contributed by atoms with van der Waals surface area (Å²) in [4.78, 5) is 14.7. The quantitative estimate of drug-likeness (QED) is 0.460. The lowest BCUT2D eigenvalue weighted by molar-refractivity contribution is -0.102. The Hall–Kier alpha value is -0.860. The first-order valence-corrected chi connectivity index (χ1v) is 2.51. The zero-order valence-electron chi connectivity index (χ0n) is 4.63. The number of carbonyl (C=O) groups is 1. The summed E-state index contributed by atoms with van der Waals surface area (Å²) < 4.78 is 0. The normalized spacial score (nSPS) is 26.6. The molecule has 0 spiro atoms. The molecule has 0 radical (unpaired) electrons. The second-order valence-electron chi connectivity index (χ2n) is 1.82. The van der Waals surface area contributed by atoms with Gasteiger partial charge in [-0.25, -0.2) is 0 Å². The smallest absolute Gasteiger partial charge is 0.167 e. The monoisotopic (exact) mass is 113 g/mol. The van der Waals surface area contributed by atoms with Crippen molar-refractivity contribution in [2.24, 2.45) is 5.16 Å². The molecule has 0 aromatic carbocycles. The molecule has 8 heavy (non-hydrogen) atoms. The van der Waals surface area contributed by atoms with Crippen molar-refractivity contribution in [2.75, 3.05) is 0 Å². The zero-order valence-corrected chi connectivity index (χ0v) is 4.63. The van der Waals surface area contributed by atoms with E-state index in [1.165, 1.54) is 0 Å². The van der Waals surface area contributed by atoms with Crippen LogP contribution in [0.1, 0.15) is 13.3 Å². The summed E-state index contributed by atoms with van der Waals surface area (Å²) >= 11 is 0. The van der Waals surface area contributed by atoms with Gasteiger partial charge in [-0.05, 0) is 6.92 Å². The lowest BCUT2D eigenvalue weighted by Crippen LogP contribution is -2.01. The Morgan fingerprint density at radius 3 is 3.00 bits per heavy atom. The minimum absolute atomic E-state index is 0.0928. The Morgan fingerprint density at radius 1 is 2.00 bits per heavy atom. The number of hydrogen-bond acceptors (Lipinski definition) is 3. The van der Waals surface area contributed by atoms with E-state index in [9.17, 15) is 4.79 Å². The second-order valence-corrected chi connectivity index (χ2v) is 1.82. The summed E-state index contributed by atoms with van der Waals surface area (Å²) in [6.45, 7) is 1.88. The highest BCUT2D eigenvalue weighted by Gasteiger charge is 2.14. The van der Waals surface area contributed by atoms with Crippen molar-refractivity contribution >= 4 is 12.0 Å². The van der Waals surface area contributed by atoms with Gasteiger partial charge in [0.15, 0.2) is 6.29 Å². The standard InChI is InChI=1S/C5H7NO2/c1-4-2-5(3-7)6-8-4/h3-4H,2H2,1H3. The lowest BCUT2D eigenvalue weighted by atomic mass is 10.2. The minimum Gasteiger partial charge on any atom is -0.392 e. The molecule has 0 fully saturated rings. The van der Waals surface area contributed by atoms with Crippen LogP contribution in [0.4, 0.5) is 0 Å². The van der Waals surface area contributed by atoms with Gasteiger partial charge in [0, 0.05) is 6.42 Å².